The van der Waals surface area contributed by atoms with Crippen LogP contribution in [-0.2, 0) is 10.0 Å². The molecular formula is C13H14FN3O2S. The van der Waals surface area contributed by atoms with E-state index in [1.165, 1.54) is 30.5 Å². The Hall–Kier alpha value is -2.15. The third-order valence-corrected chi connectivity index (χ3v) is 3.85. The first-order chi connectivity index (χ1) is 9.51. The molecular weight excluding hydrogens is 281 g/mol. The minimum atomic E-state index is -3.77. The quantitative estimate of drug-likeness (QED) is 0.889. The second kappa shape index (κ2) is 5.87. The summed E-state index contributed by atoms with van der Waals surface area (Å²) >= 11 is 0. The molecule has 0 aliphatic heterocycles. The molecule has 2 N–H and O–H groups in total. The Balaban J connectivity index is 2.21. The van der Waals surface area contributed by atoms with Crippen molar-refractivity contribution >= 4 is 21.5 Å². The minimum absolute atomic E-state index is 0.0171. The molecule has 0 fully saturated rings. The molecule has 0 saturated heterocycles. The number of anilines is 2. The Labute approximate surface area is 116 Å². The smallest absolute Gasteiger partial charge is 0.263 e. The van der Waals surface area contributed by atoms with E-state index < -0.39 is 15.8 Å². The van der Waals surface area contributed by atoms with E-state index in [1.54, 1.807) is 6.07 Å². The van der Waals surface area contributed by atoms with Gasteiger partial charge in [-0.25, -0.2) is 17.8 Å². The summed E-state index contributed by atoms with van der Waals surface area (Å²) < 4.78 is 39.5. The molecule has 0 spiro atoms. The number of rotatable bonds is 5. The third-order valence-electron chi connectivity index (χ3n) is 2.48. The Morgan fingerprint density at radius 3 is 2.65 bits per heavy atom. The zero-order chi connectivity index (χ0) is 14.6. The van der Waals surface area contributed by atoms with Crippen molar-refractivity contribution in [2.24, 2.45) is 0 Å². The molecule has 0 aliphatic rings. The van der Waals surface area contributed by atoms with Gasteiger partial charge in [-0.1, -0.05) is 6.07 Å². The summed E-state index contributed by atoms with van der Waals surface area (Å²) in [5.41, 5.74) is 0.167. The number of hydrogen-bond donors (Lipinski definition) is 2. The topological polar surface area (TPSA) is 71.1 Å². The standard InChI is InChI=1S/C13H14FN3O2S/c1-2-15-13-7-6-12(9-16-13)20(18,19)17-11-5-3-4-10(14)8-11/h3-9,17H,2H2,1H3,(H,15,16). The Morgan fingerprint density at radius 2 is 2.05 bits per heavy atom. The highest BCUT2D eigenvalue weighted by atomic mass is 32.2. The van der Waals surface area contributed by atoms with Crippen LogP contribution < -0.4 is 10.0 Å². The number of halogens is 1. The van der Waals surface area contributed by atoms with Crippen molar-refractivity contribution in [2.45, 2.75) is 11.8 Å². The van der Waals surface area contributed by atoms with E-state index in [9.17, 15) is 12.8 Å². The lowest BCUT2D eigenvalue weighted by Gasteiger charge is -2.08. The van der Waals surface area contributed by atoms with E-state index in [0.29, 0.717) is 12.4 Å². The molecule has 20 heavy (non-hydrogen) atoms. The number of hydrogen-bond acceptors (Lipinski definition) is 4. The molecule has 2 rings (SSSR count). The average molecular weight is 295 g/mol. The van der Waals surface area contributed by atoms with E-state index in [2.05, 4.69) is 15.0 Å². The molecule has 0 bridgehead atoms. The molecule has 0 amide bonds. The fourth-order valence-corrected chi connectivity index (χ4v) is 2.58. The summed E-state index contributed by atoms with van der Waals surface area (Å²) in [4.78, 5) is 4.01. The van der Waals surface area contributed by atoms with Crippen molar-refractivity contribution < 1.29 is 12.8 Å². The maximum absolute atomic E-state index is 13.0. The molecule has 5 nitrogen and oxygen atoms in total. The lowest BCUT2D eigenvalue weighted by Crippen LogP contribution is -2.13. The van der Waals surface area contributed by atoms with Crippen molar-refractivity contribution in [3.05, 3.63) is 48.4 Å². The van der Waals surface area contributed by atoms with Crippen molar-refractivity contribution in [3.8, 4) is 0 Å². The number of nitrogens with one attached hydrogen (secondary N) is 2. The predicted molar refractivity (Wildman–Crippen MR) is 75.6 cm³/mol. The maximum atomic E-state index is 13.0. The van der Waals surface area contributed by atoms with E-state index in [-0.39, 0.29) is 10.6 Å². The highest BCUT2D eigenvalue weighted by molar-refractivity contribution is 7.92. The van der Waals surface area contributed by atoms with Gasteiger partial charge in [-0.2, -0.15) is 0 Å². The Kier molecular flexibility index (Phi) is 4.19. The van der Waals surface area contributed by atoms with E-state index in [4.69, 9.17) is 0 Å². The van der Waals surface area contributed by atoms with Gasteiger partial charge >= 0.3 is 0 Å². The van der Waals surface area contributed by atoms with Gasteiger partial charge in [0.2, 0.25) is 0 Å². The van der Waals surface area contributed by atoms with Crippen molar-refractivity contribution in [1.29, 1.82) is 0 Å². The van der Waals surface area contributed by atoms with Gasteiger partial charge in [0.1, 0.15) is 16.5 Å². The van der Waals surface area contributed by atoms with Crippen molar-refractivity contribution in [2.75, 3.05) is 16.6 Å². The van der Waals surface area contributed by atoms with Crippen LogP contribution in [0.1, 0.15) is 6.92 Å². The van der Waals surface area contributed by atoms with Crippen molar-refractivity contribution in [1.82, 2.24) is 4.98 Å². The van der Waals surface area contributed by atoms with Gasteiger partial charge in [0, 0.05) is 12.7 Å². The lowest BCUT2D eigenvalue weighted by molar-refractivity contribution is 0.600. The van der Waals surface area contributed by atoms with Crippen LogP contribution in [0.2, 0.25) is 0 Å². The van der Waals surface area contributed by atoms with Gasteiger partial charge in [-0.3, -0.25) is 4.72 Å². The fourth-order valence-electron chi connectivity index (χ4n) is 1.59. The van der Waals surface area contributed by atoms with Crippen LogP contribution in [-0.4, -0.2) is 19.9 Å². The van der Waals surface area contributed by atoms with Crippen LogP contribution in [0.3, 0.4) is 0 Å². The molecule has 1 aromatic heterocycles. The summed E-state index contributed by atoms with van der Waals surface area (Å²) in [5, 5.41) is 2.97. The lowest BCUT2D eigenvalue weighted by atomic mass is 10.3. The summed E-state index contributed by atoms with van der Waals surface area (Å²) in [5.74, 6) is 0.0861. The summed E-state index contributed by atoms with van der Waals surface area (Å²) in [6.45, 7) is 2.61. The molecule has 0 atom stereocenters. The summed E-state index contributed by atoms with van der Waals surface area (Å²) in [6.07, 6.45) is 1.25. The van der Waals surface area contributed by atoms with E-state index in [1.807, 2.05) is 6.92 Å². The summed E-state index contributed by atoms with van der Waals surface area (Å²) in [6, 6.07) is 8.26. The Morgan fingerprint density at radius 1 is 1.25 bits per heavy atom. The first-order valence-corrected chi connectivity index (χ1v) is 7.48. The molecule has 7 heteroatoms. The first kappa shape index (κ1) is 14.3. The molecule has 0 unspecified atom stereocenters. The van der Waals surface area contributed by atoms with E-state index in [0.717, 1.165) is 6.07 Å². The zero-order valence-corrected chi connectivity index (χ0v) is 11.6. The van der Waals surface area contributed by atoms with Crippen LogP contribution in [0.5, 0.6) is 0 Å². The number of benzene rings is 1. The van der Waals surface area contributed by atoms with Gasteiger partial charge in [0.15, 0.2) is 0 Å². The van der Waals surface area contributed by atoms with Crippen LogP contribution in [0.25, 0.3) is 0 Å². The number of aromatic nitrogens is 1. The van der Waals surface area contributed by atoms with Gasteiger partial charge in [0.05, 0.1) is 5.69 Å². The SMILES string of the molecule is CCNc1ccc(S(=O)(=O)Nc2cccc(F)c2)cn1. The molecule has 1 aromatic carbocycles. The van der Waals surface area contributed by atoms with E-state index >= 15 is 0 Å². The predicted octanol–water partition coefficient (Wildman–Crippen LogP) is 2.45. The van der Waals surface area contributed by atoms with Gasteiger partial charge in [0.25, 0.3) is 10.0 Å². The van der Waals surface area contributed by atoms with Gasteiger partial charge < -0.3 is 5.32 Å². The first-order valence-electron chi connectivity index (χ1n) is 5.99. The molecule has 0 radical (unpaired) electrons. The van der Waals surface area contributed by atoms with Crippen LogP contribution in [0, 0.1) is 5.82 Å². The van der Waals surface area contributed by atoms with Gasteiger partial charge in [-0.15, -0.1) is 0 Å². The highest BCUT2D eigenvalue weighted by Crippen LogP contribution is 2.17. The molecule has 0 aliphatic carbocycles. The van der Waals surface area contributed by atoms with Crippen LogP contribution in [0.15, 0.2) is 47.5 Å². The maximum Gasteiger partial charge on any atom is 0.263 e. The summed E-state index contributed by atoms with van der Waals surface area (Å²) in [7, 11) is -3.77. The molecule has 106 valence electrons. The highest BCUT2D eigenvalue weighted by Gasteiger charge is 2.14. The number of pyridine rings is 1. The second-order valence-electron chi connectivity index (χ2n) is 4.03. The number of nitrogens with zero attached hydrogens (tertiary/aromatic N) is 1. The van der Waals surface area contributed by atoms with Crippen molar-refractivity contribution in [3.63, 3.8) is 0 Å². The normalized spacial score (nSPS) is 11.1. The molecule has 2 aromatic rings. The van der Waals surface area contributed by atoms with Crippen LogP contribution >= 0.6 is 0 Å². The molecule has 0 saturated carbocycles. The van der Waals surface area contributed by atoms with Gasteiger partial charge in [-0.05, 0) is 37.3 Å². The largest absolute Gasteiger partial charge is 0.370 e. The minimum Gasteiger partial charge on any atom is -0.370 e. The zero-order valence-electron chi connectivity index (χ0n) is 10.8. The monoisotopic (exact) mass is 295 g/mol. The molecule has 1 heterocycles. The van der Waals surface area contributed by atoms with Crippen LogP contribution in [0.4, 0.5) is 15.9 Å². The fraction of sp³-hybridized carbons (Fsp3) is 0.154. The number of sulfonamides is 1. The average Bonchev–Trinajstić information content (AvgIpc) is 2.39. The Bertz CT molecular complexity index is 687. The third kappa shape index (κ3) is 3.45. The second-order valence-corrected chi connectivity index (χ2v) is 5.71.